The maximum Gasteiger partial charge on any atom is 0.229 e. The van der Waals surface area contributed by atoms with Crippen molar-refractivity contribution < 1.29 is 9.47 Å². The van der Waals surface area contributed by atoms with Gasteiger partial charge in [0.25, 0.3) is 0 Å². The smallest absolute Gasteiger partial charge is 0.229 e. The maximum absolute atomic E-state index is 5.13. The summed E-state index contributed by atoms with van der Waals surface area (Å²) in [5.41, 5.74) is 1.80. The first-order chi connectivity index (χ1) is 10.2. The van der Waals surface area contributed by atoms with Gasteiger partial charge < -0.3 is 20.1 Å². The van der Waals surface area contributed by atoms with Crippen molar-refractivity contribution in [3.63, 3.8) is 0 Å². The number of aryl methyl sites for hydroxylation is 1. The number of anilines is 3. The van der Waals surface area contributed by atoms with E-state index in [0.717, 1.165) is 22.9 Å². The maximum atomic E-state index is 5.13. The lowest BCUT2D eigenvalue weighted by atomic mass is 10.3. The predicted molar refractivity (Wildman–Crippen MR) is 83.4 cm³/mol. The second-order valence-electron chi connectivity index (χ2n) is 4.49. The Balaban J connectivity index is 2.07. The average molecular weight is 288 g/mol. The summed E-state index contributed by atoms with van der Waals surface area (Å²) in [6, 6.07) is 9.51. The molecule has 0 saturated heterocycles. The first-order valence-electron chi connectivity index (χ1n) is 6.71. The SMILES string of the molecule is COCCNc1cc(C)nc(Nc2ccc(OC)cc2)n1. The van der Waals surface area contributed by atoms with Crippen LogP contribution in [0.2, 0.25) is 0 Å². The van der Waals surface area contributed by atoms with Gasteiger partial charge in [-0.15, -0.1) is 0 Å². The number of rotatable bonds is 7. The summed E-state index contributed by atoms with van der Waals surface area (Å²) in [6.07, 6.45) is 0. The van der Waals surface area contributed by atoms with Gasteiger partial charge in [0.2, 0.25) is 5.95 Å². The van der Waals surface area contributed by atoms with E-state index in [0.29, 0.717) is 19.1 Å². The van der Waals surface area contributed by atoms with E-state index in [1.807, 2.05) is 37.3 Å². The minimum Gasteiger partial charge on any atom is -0.497 e. The third-order valence-electron chi connectivity index (χ3n) is 2.81. The molecule has 0 aliphatic heterocycles. The van der Waals surface area contributed by atoms with E-state index in [2.05, 4.69) is 20.6 Å². The molecule has 2 aromatic rings. The lowest BCUT2D eigenvalue weighted by molar-refractivity contribution is 0.210. The molecule has 0 saturated carbocycles. The van der Waals surface area contributed by atoms with Gasteiger partial charge in [-0.25, -0.2) is 4.98 Å². The van der Waals surface area contributed by atoms with Crippen LogP contribution < -0.4 is 15.4 Å². The summed E-state index contributed by atoms with van der Waals surface area (Å²) in [5, 5.41) is 6.37. The van der Waals surface area contributed by atoms with Crippen molar-refractivity contribution in [1.29, 1.82) is 0 Å². The Hall–Kier alpha value is -2.34. The van der Waals surface area contributed by atoms with Crippen LogP contribution in [0.25, 0.3) is 0 Å². The Morgan fingerprint density at radius 3 is 2.52 bits per heavy atom. The van der Waals surface area contributed by atoms with E-state index in [9.17, 15) is 0 Å². The van der Waals surface area contributed by atoms with Crippen LogP contribution in [0.4, 0.5) is 17.5 Å². The van der Waals surface area contributed by atoms with Gasteiger partial charge >= 0.3 is 0 Å². The normalized spacial score (nSPS) is 10.2. The van der Waals surface area contributed by atoms with Crippen molar-refractivity contribution in [3.05, 3.63) is 36.0 Å². The van der Waals surface area contributed by atoms with Gasteiger partial charge in [-0.1, -0.05) is 0 Å². The highest BCUT2D eigenvalue weighted by molar-refractivity contribution is 5.56. The molecule has 0 atom stereocenters. The van der Waals surface area contributed by atoms with Crippen molar-refractivity contribution in [2.45, 2.75) is 6.92 Å². The minimum absolute atomic E-state index is 0.556. The first kappa shape index (κ1) is 15.1. The zero-order valence-corrected chi connectivity index (χ0v) is 12.5. The molecule has 0 aliphatic carbocycles. The fourth-order valence-corrected chi connectivity index (χ4v) is 1.80. The molecule has 2 N–H and O–H groups in total. The van der Waals surface area contributed by atoms with Crippen LogP contribution in [-0.4, -0.2) is 37.3 Å². The Bertz CT molecular complexity index is 572. The minimum atomic E-state index is 0.556. The van der Waals surface area contributed by atoms with E-state index < -0.39 is 0 Å². The molecule has 21 heavy (non-hydrogen) atoms. The van der Waals surface area contributed by atoms with Crippen LogP contribution in [0.1, 0.15) is 5.69 Å². The highest BCUT2D eigenvalue weighted by Crippen LogP contribution is 2.19. The van der Waals surface area contributed by atoms with Gasteiger partial charge in [-0.3, -0.25) is 0 Å². The molecule has 0 unspecified atom stereocenters. The van der Waals surface area contributed by atoms with Gasteiger partial charge in [-0.2, -0.15) is 4.98 Å². The van der Waals surface area contributed by atoms with Crippen LogP contribution in [0, 0.1) is 6.92 Å². The second kappa shape index (κ2) is 7.44. The Morgan fingerprint density at radius 2 is 1.86 bits per heavy atom. The van der Waals surface area contributed by atoms with Crippen molar-refractivity contribution in [3.8, 4) is 5.75 Å². The number of nitrogens with zero attached hydrogens (tertiary/aromatic N) is 2. The Morgan fingerprint density at radius 1 is 1.10 bits per heavy atom. The fraction of sp³-hybridized carbons (Fsp3) is 0.333. The Kier molecular flexibility index (Phi) is 5.34. The van der Waals surface area contributed by atoms with Gasteiger partial charge in [0, 0.05) is 31.1 Å². The standard InChI is InChI=1S/C15H20N4O2/c1-11-10-14(16-8-9-20-2)19-15(17-11)18-12-4-6-13(21-3)7-5-12/h4-7,10H,8-9H2,1-3H3,(H2,16,17,18,19). The van der Waals surface area contributed by atoms with E-state index in [4.69, 9.17) is 9.47 Å². The topological polar surface area (TPSA) is 68.3 Å². The van der Waals surface area contributed by atoms with Gasteiger partial charge in [0.1, 0.15) is 11.6 Å². The molecule has 0 amide bonds. The van der Waals surface area contributed by atoms with Crippen LogP contribution in [0.5, 0.6) is 5.75 Å². The summed E-state index contributed by atoms with van der Waals surface area (Å²) in [5.74, 6) is 2.14. The molecule has 0 bridgehead atoms. The quantitative estimate of drug-likeness (QED) is 0.763. The largest absolute Gasteiger partial charge is 0.497 e. The molecule has 2 rings (SSSR count). The summed E-state index contributed by atoms with van der Waals surface area (Å²) in [6.45, 7) is 3.27. The number of nitrogens with one attached hydrogen (secondary N) is 2. The fourth-order valence-electron chi connectivity index (χ4n) is 1.80. The molecule has 0 spiro atoms. The van der Waals surface area contributed by atoms with Gasteiger partial charge in [-0.05, 0) is 31.2 Å². The molecular weight excluding hydrogens is 268 g/mol. The summed E-state index contributed by atoms with van der Waals surface area (Å²) in [4.78, 5) is 8.80. The van der Waals surface area contributed by atoms with Crippen molar-refractivity contribution >= 4 is 17.5 Å². The third kappa shape index (κ3) is 4.61. The number of ether oxygens (including phenoxy) is 2. The molecular formula is C15H20N4O2. The predicted octanol–water partition coefficient (Wildman–Crippen LogP) is 2.60. The van der Waals surface area contributed by atoms with Crippen LogP contribution in [0.15, 0.2) is 30.3 Å². The summed E-state index contributed by atoms with van der Waals surface area (Å²) < 4.78 is 10.1. The van der Waals surface area contributed by atoms with E-state index in [1.165, 1.54) is 0 Å². The average Bonchev–Trinajstić information content (AvgIpc) is 2.48. The molecule has 6 heteroatoms. The van der Waals surface area contributed by atoms with Crippen molar-refractivity contribution in [1.82, 2.24) is 9.97 Å². The number of hydrogen-bond acceptors (Lipinski definition) is 6. The molecule has 0 radical (unpaired) electrons. The lowest BCUT2D eigenvalue weighted by Crippen LogP contribution is -2.10. The van der Waals surface area contributed by atoms with Gasteiger partial charge in [0.05, 0.1) is 13.7 Å². The molecule has 0 aliphatic rings. The molecule has 112 valence electrons. The molecule has 1 aromatic carbocycles. The number of hydrogen-bond donors (Lipinski definition) is 2. The second-order valence-corrected chi connectivity index (χ2v) is 4.49. The van der Waals surface area contributed by atoms with Crippen LogP contribution in [-0.2, 0) is 4.74 Å². The zero-order chi connectivity index (χ0) is 15.1. The summed E-state index contributed by atoms with van der Waals surface area (Å²) >= 11 is 0. The van der Waals surface area contributed by atoms with Gasteiger partial charge in [0.15, 0.2) is 0 Å². The Labute approximate surface area is 124 Å². The monoisotopic (exact) mass is 288 g/mol. The van der Waals surface area contributed by atoms with Crippen molar-refractivity contribution in [2.24, 2.45) is 0 Å². The van der Waals surface area contributed by atoms with E-state index in [-0.39, 0.29) is 0 Å². The number of benzene rings is 1. The number of methoxy groups -OCH3 is 2. The van der Waals surface area contributed by atoms with Crippen LogP contribution >= 0.6 is 0 Å². The van der Waals surface area contributed by atoms with Crippen LogP contribution in [0.3, 0.4) is 0 Å². The highest BCUT2D eigenvalue weighted by Gasteiger charge is 2.03. The third-order valence-corrected chi connectivity index (χ3v) is 2.81. The lowest BCUT2D eigenvalue weighted by Gasteiger charge is -2.10. The summed E-state index contributed by atoms with van der Waals surface area (Å²) in [7, 11) is 3.31. The molecule has 6 nitrogen and oxygen atoms in total. The first-order valence-corrected chi connectivity index (χ1v) is 6.71. The van der Waals surface area contributed by atoms with E-state index in [1.54, 1.807) is 14.2 Å². The molecule has 1 heterocycles. The van der Waals surface area contributed by atoms with Crippen molar-refractivity contribution in [2.75, 3.05) is 38.0 Å². The molecule has 0 fully saturated rings. The zero-order valence-electron chi connectivity index (χ0n) is 12.5. The van der Waals surface area contributed by atoms with E-state index >= 15 is 0 Å². The highest BCUT2D eigenvalue weighted by atomic mass is 16.5. The number of aromatic nitrogens is 2. The molecule has 1 aromatic heterocycles.